The molecule has 134 valence electrons. The van der Waals surface area contributed by atoms with Gasteiger partial charge in [-0.2, -0.15) is 0 Å². The first-order valence-corrected chi connectivity index (χ1v) is 8.28. The first-order chi connectivity index (χ1) is 11.7. The van der Waals surface area contributed by atoms with Crippen molar-refractivity contribution in [1.82, 2.24) is 0 Å². The molecule has 2 atom stereocenters. The molecule has 1 aromatic carbocycles. The average Bonchev–Trinajstić information content (AvgIpc) is 2.87. The van der Waals surface area contributed by atoms with Crippen LogP contribution < -0.4 is 14.8 Å². The fourth-order valence-electron chi connectivity index (χ4n) is 4.40. The van der Waals surface area contributed by atoms with Crippen LogP contribution in [0.1, 0.15) is 33.6 Å². The van der Waals surface area contributed by atoms with E-state index in [0.29, 0.717) is 30.0 Å². The topological polar surface area (TPSA) is 81.7 Å². The van der Waals surface area contributed by atoms with Crippen LogP contribution in [0, 0.1) is 16.2 Å². The van der Waals surface area contributed by atoms with Crippen LogP contribution in [-0.4, -0.2) is 31.7 Å². The maximum atomic E-state index is 13.2. The number of Topliss-reactive ketones (excluding diaryl/α,β-unsaturated/α-hetero) is 2. The summed E-state index contributed by atoms with van der Waals surface area (Å²) in [5.41, 5.74) is -2.41. The van der Waals surface area contributed by atoms with Crippen LogP contribution in [0.4, 0.5) is 5.69 Å². The van der Waals surface area contributed by atoms with Gasteiger partial charge in [-0.05, 0) is 30.4 Å². The lowest BCUT2D eigenvalue weighted by atomic mass is 9.64. The number of amides is 1. The van der Waals surface area contributed by atoms with Gasteiger partial charge in [0.05, 0.1) is 19.9 Å². The molecule has 0 spiro atoms. The summed E-state index contributed by atoms with van der Waals surface area (Å²) in [4.78, 5) is 38.4. The second-order valence-corrected chi connectivity index (χ2v) is 7.54. The van der Waals surface area contributed by atoms with Crippen molar-refractivity contribution in [2.45, 2.75) is 33.6 Å². The summed E-state index contributed by atoms with van der Waals surface area (Å²) in [7, 11) is 3.03. The second-order valence-electron chi connectivity index (χ2n) is 7.54. The molecule has 6 heteroatoms. The van der Waals surface area contributed by atoms with Gasteiger partial charge in [0, 0.05) is 11.5 Å². The van der Waals surface area contributed by atoms with E-state index in [1.807, 2.05) is 13.8 Å². The zero-order chi connectivity index (χ0) is 18.6. The molecule has 1 amide bonds. The number of hydrogen-bond acceptors (Lipinski definition) is 5. The number of ketones is 2. The Morgan fingerprint density at radius 1 is 1.04 bits per heavy atom. The molecule has 2 saturated carbocycles. The van der Waals surface area contributed by atoms with E-state index in [-0.39, 0.29) is 0 Å². The number of carbonyl (C=O) groups is 3. The molecule has 0 saturated heterocycles. The van der Waals surface area contributed by atoms with E-state index in [2.05, 4.69) is 5.32 Å². The van der Waals surface area contributed by atoms with Crippen molar-refractivity contribution in [2.75, 3.05) is 19.5 Å². The Morgan fingerprint density at radius 2 is 1.72 bits per heavy atom. The Bertz CT molecular complexity index is 784. The van der Waals surface area contributed by atoms with Gasteiger partial charge in [0.1, 0.15) is 16.9 Å². The summed E-state index contributed by atoms with van der Waals surface area (Å²) in [6, 6.07) is 5.01. The fourth-order valence-corrected chi connectivity index (χ4v) is 4.40. The lowest BCUT2D eigenvalue weighted by molar-refractivity contribution is -0.147. The SMILES string of the molecule is COc1ccc(NC(=O)[C@@]23CC[C@@](C)(C(=O)C2=O)C3(C)C)c(OC)c1. The molecule has 0 aromatic heterocycles. The number of carbonyl (C=O) groups excluding carboxylic acids is 3. The van der Waals surface area contributed by atoms with Gasteiger partial charge < -0.3 is 14.8 Å². The predicted molar refractivity (Wildman–Crippen MR) is 91.7 cm³/mol. The van der Waals surface area contributed by atoms with Gasteiger partial charge in [0.15, 0.2) is 0 Å². The molecule has 0 heterocycles. The Morgan fingerprint density at radius 3 is 2.24 bits per heavy atom. The van der Waals surface area contributed by atoms with Gasteiger partial charge in [-0.3, -0.25) is 14.4 Å². The average molecular weight is 345 g/mol. The van der Waals surface area contributed by atoms with E-state index in [9.17, 15) is 14.4 Å². The van der Waals surface area contributed by atoms with Crippen molar-refractivity contribution in [1.29, 1.82) is 0 Å². The van der Waals surface area contributed by atoms with Crippen LogP contribution in [0.25, 0.3) is 0 Å². The number of anilines is 1. The number of ether oxygens (including phenoxy) is 2. The molecular formula is C19H23NO5. The van der Waals surface area contributed by atoms with Gasteiger partial charge >= 0.3 is 0 Å². The van der Waals surface area contributed by atoms with E-state index < -0.39 is 33.7 Å². The Balaban J connectivity index is 2.00. The molecule has 2 aliphatic rings. The summed E-state index contributed by atoms with van der Waals surface area (Å²) in [5, 5.41) is 2.80. The highest BCUT2D eigenvalue weighted by Gasteiger charge is 2.77. The van der Waals surface area contributed by atoms with Crippen LogP contribution in [0.2, 0.25) is 0 Å². The van der Waals surface area contributed by atoms with E-state index >= 15 is 0 Å². The molecule has 2 bridgehead atoms. The molecule has 0 aliphatic heterocycles. The van der Waals surface area contributed by atoms with E-state index in [1.165, 1.54) is 14.2 Å². The molecule has 2 aliphatic carbocycles. The third kappa shape index (κ3) is 1.94. The zero-order valence-corrected chi connectivity index (χ0v) is 15.2. The Hall–Kier alpha value is -2.37. The maximum Gasteiger partial charge on any atom is 0.239 e. The highest BCUT2D eigenvalue weighted by Crippen LogP contribution is 2.69. The molecule has 3 rings (SSSR count). The summed E-state index contributed by atoms with van der Waals surface area (Å²) in [6.45, 7) is 5.48. The van der Waals surface area contributed by atoms with Crippen molar-refractivity contribution in [3.63, 3.8) is 0 Å². The van der Waals surface area contributed by atoms with Crippen molar-refractivity contribution in [3.05, 3.63) is 18.2 Å². The highest BCUT2D eigenvalue weighted by atomic mass is 16.5. The summed E-state index contributed by atoms with van der Waals surface area (Å²) in [5.74, 6) is -0.425. The Kier molecular flexibility index (Phi) is 3.71. The van der Waals surface area contributed by atoms with Crippen LogP contribution >= 0.6 is 0 Å². The van der Waals surface area contributed by atoms with Crippen molar-refractivity contribution in [2.24, 2.45) is 16.2 Å². The molecule has 1 aromatic rings. The fraction of sp³-hybridized carbons (Fsp3) is 0.526. The number of hydrogen-bond donors (Lipinski definition) is 1. The normalized spacial score (nSPS) is 29.6. The number of fused-ring (bicyclic) bond motifs is 2. The third-order valence-electron chi connectivity index (χ3n) is 6.59. The zero-order valence-electron chi connectivity index (χ0n) is 15.2. The van der Waals surface area contributed by atoms with Crippen molar-refractivity contribution >= 4 is 23.2 Å². The molecule has 0 unspecified atom stereocenters. The summed E-state index contributed by atoms with van der Waals surface area (Å²) >= 11 is 0. The van der Waals surface area contributed by atoms with Gasteiger partial charge in [-0.15, -0.1) is 0 Å². The van der Waals surface area contributed by atoms with Crippen molar-refractivity contribution in [3.8, 4) is 11.5 Å². The van der Waals surface area contributed by atoms with E-state index in [0.717, 1.165) is 0 Å². The van der Waals surface area contributed by atoms with Crippen molar-refractivity contribution < 1.29 is 23.9 Å². The minimum atomic E-state index is -1.33. The number of benzene rings is 1. The molecule has 1 N–H and O–H groups in total. The van der Waals surface area contributed by atoms with Gasteiger partial charge in [0.2, 0.25) is 17.5 Å². The largest absolute Gasteiger partial charge is 0.497 e. The monoisotopic (exact) mass is 345 g/mol. The van der Waals surface area contributed by atoms with Crippen LogP contribution in [0.3, 0.4) is 0 Å². The highest BCUT2D eigenvalue weighted by molar-refractivity contribution is 6.49. The third-order valence-corrected chi connectivity index (χ3v) is 6.59. The van der Waals surface area contributed by atoms with E-state index in [1.54, 1.807) is 25.1 Å². The smallest absolute Gasteiger partial charge is 0.239 e. The first kappa shape index (κ1) is 17.5. The molecule has 25 heavy (non-hydrogen) atoms. The van der Waals surface area contributed by atoms with Gasteiger partial charge in [0.25, 0.3) is 0 Å². The lowest BCUT2D eigenvalue weighted by Crippen LogP contribution is -2.47. The molecule has 0 radical (unpaired) electrons. The molecule has 2 fully saturated rings. The lowest BCUT2D eigenvalue weighted by Gasteiger charge is -2.37. The number of methoxy groups -OCH3 is 2. The standard InChI is InChI=1S/C19H23NO5/c1-17(2)18(3)8-9-19(17,15(22)14(18)21)16(23)20-12-7-6-11(24-4)10-13(12)25-5/h6-7,10H,8-9H2,1-5H3,(H,20,23)/t18-,19+/m0/s1. The van der Waals surface area contributed by atoms with Crippen LogP contribution in [0.15, 0.2) is 18.2 Å². The van der Waals surface area contributed by atoms with Gasteiger partial charge in [-0.1, -0.05) is 20.8 Å². The number of nitrogens with one attached hydrogen (secondary N) is 1. The molecular weight excluding hydrogens is 322 g/mol. The summed E-state index contributed by atoms with van der Waals surface area (Å²) in [6.07, 6.45) is 0.920. The number of rotatable bonds is 4. The quantitative estimate of drug-likeness (QED) is 0.670. The predicted octanol–water partition coefficient (Wildman–Crippen LogP) is 2.61. The minimum absolute atomic E-state index is 0.380. The van der Waals surface area contributed by atoms with Gasteiger partial charge in [-0.25, -0.2) is 0 Å². The van der Waals surface area contributed by atoms with Crippen LogP contribution in [-0.2, 0) is 14.4 Å². The molecule has 6 nitrogen and oxygen atoms in total. The Labute approximate surface area is 146 Å². The second kappa shape index (κ2) is 5.31. The van der Waals surface area contributed by atoms with Crippen LogP contribution in [0.5, 0.6) is 11.5 Å². The maximum absolute atomic E-state index is 13.2. The first-order valence-electron chi connectivity index (χ1n) is 8.28. The van der Waals surface area contributed by atoms with E-state index in [4.69, 9.17) is 9.47 Å². The summed E-state index contributed by atoms with van der Waals surface area (Å²) < 4.78 is 10.5. The minimum Gasteiger partial charge on any atom is -0.497 e.